The van der Waals surface area contributed by atoms with E-state index in [4.69, 9.17) is 9.15 Å². The summed E-state index contributed by atoms with van der Waals surface area (Å²) in [5, 5.41) is -0.369. The lowest BCUT2D eigenvalue weighted by molar-refractivity contribution is -0.152. The highest BCUT2D eigenvalue weighted by Gasteiger charge is 2.43. The average molecular weight is 401 g/mol. The number of rotatable bonds is 7. The Balaban J connectivity index is 1.60. The van der Waals surface area contributed by atoms with Gasteiger partial charge in [0.25, 0.3) is 0 Å². The topological polar surface area (TPSA) is 76.8 Å². The molecule has 1 aromatic carbocycles. The number of aryl methyl sites for hydroxylation is 1. The molecule has 0 N–H and O–H groups in total. The molecule has 0 saturated carbocycles. The maximum Gasteiger partial charge on any atom is 0.330 e. The Hall–Kier alpha value is -2.54. The third-order valence-corrected chi connectivity index (χ3v) is 5.87. The molecular formula is C21H23NO5S. The minimum Gasteiger partial charge on any atom is -0.466 e. The molecule has 0 bridgehead atoms. The van der Waals surface area contributed by atoms with Gasteiger partial charge in [-0.15, -0.1) is 11.8 Å². The number of thioether (sulfide) groups is 1. The Morgan fingerprint density at radius 1 is 1.21 bits per heavy atom. The van der Waals surface area contributed by atoms with Crippen molar-refractivity contribution in [1.82, 2.24) is 4.90 Å². The van der Waals surface area contributed by atoms with Gasteiger partial charge in [-0.05, 0) is 24.1 Å². The summed E-state index contributed by atoms with van der Waals surface area (Å²) < 4.78 is 10.6. The van der Waals surface area contributed by atoms with Crippen LogP contribution in [0.15, 0.2) is 47.1 Å². The Bertz CT molecular complexity index is 831. The second kappa shape index (κ2) is 9.10. The molecule has 1 aromatic heterocycles. The van der Waals surface area contributed by atoms with Crippen LogP contribution in [-0.2, 0) is 20.7 Å². The summed E-state index contributed by atoms with van der Waals surface area (Å²) in [4.78, 5) is 38.4. The Morgan fingerprint density at radius 3 is 2.57 bits per heavy atom. The van der Waals surface area contributed by atoms with Crippen LogP contribution in [0.4, 0.5) is 0 Å². The SMILES string of the molecule is CCCc1ccc(C(=O)COC(=O)[C@@H]2CS[C@@H](c3ccco3)N2C(C)=O)cc1. The smallest absolute Gasteiger partial charge is 0.330 e. The molecular weight excluding hydrogens is 378 g/mol. The summed E-state index contributed by atoms with van der Waals surface area (Å²) in [5.41, 5.74) is 1.67. The molecule has 6 nitrogen and oxygen atoms in total. The fourth-order valence-corrected chi connectivity index (χ4v) is 4.60. The number of ether oxygens (including phenoxy) is 1. The molecule has 1 saturated heterocycles. The first-order valence-electron chi connectivity index (χ1n) is 9.24. The van der Waals surface area contributed by atoms with Crippen molar-refractivity contribution in [3.05, 3.63) is 59.5 Å². The first kappa shape index (κ1) is 20.2. The molecule has 0 spiro atoms. The number of Topliss-reactive ketones (excluding diaryl/α,β-unsaturated/α-hetero) is 1. The third-order valence-electron chi connectivity index (χ3n) is 4.58. The normalized spacial score (nSPS) is 18.9. The van der Waals surface area contributed by atoms with Crippen LogP contribution in [0.25, 0.3) is 0 Å². The van der Waals surface area contributed by atoms with Gasteiger partial charge in [0.05, 0.1) is 6.26 Å². The standard InChI is InChI=1S/C21H23NO5S/c1-3-5-15-7-9-16(10-8-15)18(24)12-27-21(25)17-13-28-20(22(17)14(2)23)19-6-4-11-26-19/h4,6-11,17,20H,3,5,12-13H2,1-2H3/t17-,20-/m0/s1. The summed E-state index contributed by atoms with van der Waals surface area (Å²) in [6.45, 7) is 3.16. The van der Waals surface area contributed by atoms with Gasteiger partial charge in [-0.3, -0.25) is 9.59 Å². The lowest BCUT2D eigenvalue weighted by Crippen LogP contribution is -2.43. The Kier molecular flexibility index (Phi) is 6.57. The van der Waals surface area contributed by atoms with Crippen molar-refractivity contribution in [3.63, 3.8) is 0 Å². The quantitative estimate of drug-likeness (QED) is 0.521. The maximum absolute atomic E-state index is 12.5. The predicted molar refractivity (Wildman–Crippen MR) is 106 cm³/mol. The number of esters is 1. The molecule has 0 aliphatic carbocycles. The number of benzene rings is 1. The van der Waals surface area contributed by atoms with Crippen molar-refractivity contribution in [3.8, 4) is 0 Å². The van der Waals surface area contributed by atoms with Crippen LogP contribution in [0.1, 0.15) is 47.3 Å². The predicted octanol–water partition coefficient (Wildman–Crippen LogP) is 3.62. The van der Waals surface area contributed by atoms with Gasteiger partial charge in [0.1, 0.15) is 17.2 Å². The number of amides is 1. The molecule has 28 heavy (non-hydrogen) atoms. The van der Waals surface area contributed by atoms with E-state index in [-0.39, 0.29) is 23.7 Å². The highest BCUT2D eigenvalue weighted by Crippen LogP contribution is 2.41. The monoisotopic (exact) mass is 401 g/mol. The zero-order valence-electron chi connectivity index (χ0n) is 15.9. The maximum atomic E-state index is 12.5. The minimum absolute atomic E-state index is 0.244. The minimum atomic E-state index is -0.739. The van der Waals surface area contributed by atoms with Crippen molar-refractivity contribution in [2.45, 2.75) is 38.1 Å². The van der Waals surface area contributed by atoms with Crippen LogP contribution in [-0.4, -0.2) is 41.0 Å². The molecule has 2 atom stereocenters. The van der Waals surface area contributed by atoms with Crippen LogP contribution in [0, 0.1) is 0 Å². The highest BCUT2D eigenvalue weighted by atomic mass is 32.2. The van der Waals surface area contributed by atoms with E-state index in [1.54, 1.807) is 24.3 Å². The molecule has 0 unspecified atom stereocenters. The second-order valence-corrected chi connectivity index (χ2v) is 7.73. The lowest BCUT2D eigenvalue weighted by atomic mass is 10.1. The third kappa shape index (κ3) is 4.47. The fourth-order valence-electron chi connectivity index (χ4n) is 3.19. The molecule has 7 heteroatoms. The van der Waals surface area contributed by atoms with Gasteiger partial charge in [0, 0.05) is 18.2 Å². The van der Waals surface area contributed by atoms with Gasteiger partial charge < -0.3 is 14.1 Å². The molecule has 1 fully saturated rings. The van der Waals surface area contributed by atoms with Crippen LogP contribution >= 0.6 is 11.8 Å². The molecule has 2 aromatic rings. The zero-order chi connectivity index (χ0) is 20.1. The van der Waals surface area contributed by atoms with E-state index in [0.29, 0.717) is 17.1 Å². The van der Waals surface area contributed by atoms with Gasteiger partial charge in [-0.2, -0.15) is 0 Å². The average Bonchev–Trinajstić information content (AvgIpc) is 3.36. The number of furan rings is 1. The number of nitrogens with zero attached hydrogens (tertiary/aromatic N) is 1. The van der Waals surface area contributed by atoms with Crippen LogP contribution < -0.4 is 0 Å². The van der Waals surface area contributed by atoms with Gasteiger partial charge >= 0.3 is 5.97 Å². The summed E-state index contributed by atoms with van der Waals surface area (Å²) in [6, 6.07) is 10.1. The summed E-state index contributed by atoms with van der Waals surface area (Å²) >= 11 is 1.44. The Morgan fingerprint density at radius 2 is 1.96 bits per heavy atom. The van der Waals surface area contributed by atoms with Gasteiger partial charge in [0.15, 0.2) is 12.4 Å². The molecule has 3 rings (SSSR count). The summed E-state index contributed by atoms with van der Waals surface area (Å²) in [5.74, 6) is -0.0828. The number of carbonyl (C=O) groups is 3. The summed E-state index contributed by atoms with van der Waals surface area (Å²) in [6.07, 6.45) is 3.53. The van der Waals surface area contributed by atoms with E-state index in [2.05, 4.69) is 6.92 Å². The summed E-state index contributed by atoms with van der Waals surface area (Å²) in [7, 11) is 0. The van der Waals surface area contributed by atoms with Gasteiger partial charge in [0.2, 0.25) is 5.91 Å². The Labute approximate surface area is 168 Å². The van der Waals surface area contributed by atoms with E-state index in [1.807, 2.05) is 12.1 Å². The van der Waals surface area contributed by atoms with E-state index in [0.717, 1.165) is 12.8 Å². The fraction of sp³-hybridized carbons (Fsp3) is 0.381. The van der Waals surface area contributed by atoms with Crippen LogP contribution in [0.5, 0.6) is 0 Å². The number of hydrogen-bond acceptors (Lipinski definition) is 6. The van der Waals surface area contributed by atoms with E-state index in [9.17, 15) is 14.4 Å². The van der Waals surface area contributed by atoms with Gasteiger partial charge in [-0.25, -0.2) is 4.79 Å². The zero-order valence-corrected chi connectivity index (χ0v) is 16.7. The van der Waals surface area contributed by atoms with Crippen molar-refractivity contribution in [2.24, 2.45) is 0 Å². The first-order valence-corrected chi connectivity index (χ1v) is 10.3. The second-order valence-electron chi connectivity index (χ2n) is 6.62. The molecule has 0 radical (unpaired) electrons. The highest BCUT2D eigenvalue weighted by molar-refractivity contribution is 7.99. The molecule has 148 valence electrons. The van der Waals surface area contributed by atoms with E-state index < -0.39 is 12.0 Å². The van der Waals surface area contributed by atoms with E-state index in [1.165, 1.54) is 35.4 Å². The molecule has 1 aliphatic heterocycles. The van der Waals surface area contributed by atoms with Crippen molar-refractivity contribution >= 4 is 29.4 Å². The van der Waals surface area contributed by atoms with E-state index >= 15 is 0 Å². The molecule has 1 aliphatic rings. The number of ketones is 1. The van der Waals surface area contributed by atoms with Crippen LogP contribution in [0.3, 0.4) is 0 Å². The van der Waals surface area contributed by atoms with Crippen molar-refractivity contribution < 1.29 is 23.5 Å². The van der Waals surface area contributed by atoms with Crippen molar-refractivity contribution in [2.75, 3.05) is 12.4 Å². The number of hydrogen-bond donors (Lipinski definition) is 0. The lowest BCUT2D eigenvalue weighted by Gasteiger charge is -2.25. The van der Waals surface area contributed by atoms with Crippen LogP contribution in [0.2, 0.25) is 0 Å². The molecule has 2 heterocycles. The van der Waals surface area contributed by atoms with Gasteiger partial charge in [-0.1, -0.05) is 37.6 Å². The van der Waals surface area contributed by atoms with Crippen molar-refractivity contribution in [1.29, 1.82) is 0 Å². The number of carbonyl (C=O) groups excluding carboxylic acids is 3. The largest absolute Gasteiger partial charge is 0.466 e. The first-order chi connectivity index (χ1) is 13.5. The molecule has 1 amide bonds.